The smallest absolute Gasteiger partial charge is 0.293 e. The lowest BCUT2D eigenvalue weighted by Gasteiger charge is -2.36. The second-order valence-corrected chi connectivity index (χ2v) is 9.21. The number of piperidine rings is 1. The Labute approximate surface area is 207 Å². The molecule has 0 aromatic heterocycles. The summed E-state index contributed by atoms with van der Waals surface area (Å²) in [6.07, 6.45) is 1.15. The van der Waals surface area contributed by atoms with Crippen LogP contribution in [0, 0.1) is 0 Å². The Kier molecular flexibility index (Phi) is 8.10. The van der Waals surface area contributed by atoms with E-state index in [0.717, 1.165) is 22.4 Å². The highest BCUT2D eigenvalue weighted by Gasteiger charge is 2.31. The summed E-state index contributed by atoms with van der Waals surface area (Å²) in [7, 11) is 4.86. The van der Waals surface area contributed by atoms with Crippen LogP contribution in [0.2, 0.25) is 0 Å². The third-order valence-corrected chi connectivity index (χ3v) is 6.44. The molecule has 0 aliphatic carbocycles. The van der Waals surface area contributed by atoms with E-state index in [2.05, 4.69) is 17.4 Å². The molecule has 2 aliphatic rings. The van der Waals surface area contributed by atoms with E-state index in [1.54, 1.807) is 26.4 Å². The highest BCUT2D eigenvalue weighted by molar-refractivity contribution is 6.98. The first-order chi connectivity index (χ1) is 16.9. The highest BCUT2D eigenvalue weighted by Crippen LogP contribution is 2.44. The molecule has 2 heterocycles. The first kappa shape index (κ1) is 25.2. The van der Waals surface area contributed by atoms with Gasteiger partial charge in [-0.25, -0.2) is 0 Å². The summed E-state index contributed by atoms with van der Waals surface area (Å²) in [4.78, 5) is 19.4. The summed E-state index contributed by atoms with van der Waals surface area (Å²) in [5.74, 6) is 0.558. The third-order valence-electron chi connectivity index (χ3n) is 6.44. The molecule has 2 aromatic rings. The number of fused-ring (bicyclic) bond motifs is 1. The normalized spacial score (nSPS) is 16.7. The number of carbonyl (C=O) groups excluding carboxylic acids is 1. The Morgan fingerprint density at radius 2 is 2.00 bits per heavy atom. The predicted molar refractivity (Wildman–Crippen MR) is 138 cm³/mol. The molecule has 0 spiro atoms. The molecule has 9 heteroatoms. The van der Waals surface area contributed by atoms with Crippen molar-refractivity contribution >= 4 is 30.1 Å². The molecular formula is C26H33BN3O5. The molecule has 0 atom stereocenters. The number of hydrogen-bond donors (Lipinski definition) is 2. The minimum absolute atomic E-state index is 0.0826. The molecule has 2 aliphatic heterocycles. The molecule has 0 bridgehead atoms. The minimum atomic E-state index is -0.698. The number of nitrogens with zero attached hydrogens (tertiary/aromatic N) is 2. The number of aliphatic hydroxyl groups is 1. The molecule has 1 fully saturated rings. The van der Waals surface area contributed by atoms with Crippen molar-refractivity contribution in [2.24, 2.45) is 4.99 Å². The number of aliphatic imine (C=N–C) groups is 1. The SMILES string of the molecule is COCCOCc1cccc(-c2ccc(OC)c3c2NCC([B]C(=O)N2CCC(C)(O)CC2)=N3)c1. The highest BCUT2D eigenvalue weighted by atomic mass is 16.5. The van der Waals surface area contributed by atoms with E-state index in [-0.39, 0.29) is 5.81 Å². The summed E-state index contributed by atoms with van der Waals surface area (Å²) in [6, 6.07) is 12.1. The van der Waals surface area contributed by atoms with Crippen LogP contribution in [0.1, 0.15) is 25.3 Å². The van der Waals surface area contributed by atoms with Crippen LogP contribution in [-0.2, 0) is 16.1 Å². The number of methoxy groups -OCH3 is 2. The van der Waals surface area contributed by atoms with Crippen molar-refractivity contribution in [3.63, 3.8) is 0 Å². The third kappa shape index (κ3) is 6.23. The number of carbonyl (C=O) groups is 1. The maximum absolute atomic E-state index is 12.8. The van der Waals surface area contributed by atoms with Gasteiger partial charge in [0.25, 0.3) is 7.28 Å². The van der Waals surface area contributed by atoms with Gasteiger partial charge in [-0.2, -0.15) is 0 Å². The second-order valence-electron chi connectivity index (χ2n) is 9.21. The Hall–Kier alpha value is -2.88. The number of nitrogens with one attached hydrogen (secondary N) is 1. The summed E-state index contributed by atoms with van der Waals surface area (Å²) in [5, 5.41) is 13.6. The molecule has 4 rings (SSSR count). The molecule has 185 valence electrons. The molecular weight excluding hydrogens is 445 g/mol. The van der Waals surface area contributed by atoms with Crippen molar-refractivity contribution in [3.8, 4) is 16.9 Å². The van der Waals surface area contributed by atoms with Crippen LogP contribution >= 0.6 is 0 Å². The standard InChI is InChI=1S/C26H33BN3O5/c1-26(32)9-11-30(12-10-26)25(31)27-22-16-28-23-20(7-8-21(34-3)24(23)29-22)19-6-4-5-18(15-19)17-35-14-13-33-2/h4-8,15,28,32H,9-14,16-17H2,1-3H3. The first-order valence-corrected chi connectivity index (χ1v) is 11.9. The number of benzene rings is 2. The predicted octanol–water partition coefficient (Wildman–Crippen LogP) is 3.65. The van der Waals surface area contributed by atoms with Crippen molar-refractivity contribution in [1.82, 2.24) is 4.90 Å². The molecule has 2 N–H and O–H groups in total. The molecule has 0 unspecified atom stereocenters. The van der Waals surface area contributed by atoms with Crippen molar-refractivity contribution in [3.05, 3.63) is 42.0 Å². The minimum Gasteiger partial charge on any atom is -0.494 e. The number of amides is 1. The van der Waals surface area contributed by atoms with Gasteiger partial charge in [0, 0.05) is 37.9 Å². The van der Waals surface area contributed by atoms with Gasteiger partial charge in [0.2, 0.25) is 0 Å². The summed E-state index contributed by atoms with van der Waals surface area (Å²) in [6.45, 7) is 4.95. The van der Waals surface area contributed by atoms with E-state index in [0.29, 0.717) is 69.3 Å². The average molecular weight is 478 g/mol. The lowest BCUT2D eigenvalue weighted by atomic mass is 9.69. The average Bonchev–Trinajstić information content (AvgIpc) is 2.86. The Bertz CT molecular complexity index is 1080. The number of hydrogen-bond acceptors (Lipinski definition) is 7. The Morgan fingerprint density at radius 3 is 2.74 bits per heavy atom. The van der Waals surface area contributed by atoms with Crippen LogP contribution in [0.5, 0.6) is 5.75 Å². The van der Waals surface area contributed by atoms with E-state index in [1.807, 2.05) is 31.2 Å². The van der Waals surface area contributed by atoms with Gasteiger partial charge in [0.1, 0.15) is 11.4 Å². The molecule has 0 saturated carbocycles. The van der Waals surface area contributed by atoms with Crippen LogP contribution in [0.15, 0.2) is 41.4 Å². The quantitative estimate of drug-likeness (QED) is 0.422. The maximum Gasteiger partial charge on any atom is 0.293 e. The van der Waals surface area contributed by atoms with E-state index in [9.17, 15) is 9.90 Å². The van der Waals surface area contributed by atoms with Crippen molar-refractivity contribution in [2.75, 3.05) is 52.4 Å². The van der Waals surface area contributed by atoms with Crippen molar-refractivity contribution in [2.45, 2.75) is 32.0 Å². The first-order valence-electron chi connectivity index (χ1n) is 11.9. The van der Waals surface area contributed by atoms with Gasteiger partial charge in [-0.15, -0.1) is 0 Å². The van der Waals surface area contributed by atoms with E-state index < -0.39 is 5.60 Å². The van der Waals surface area contributed by atoms with E-state index in [4.69, 9.17) is 19.2 Å². The number of rotatable bonds is 9. The van der Waals surface area contributed by atoms with Crippen LogP contribution in [0.25, 0.3) is 11.1 Å². The molecule has 1 amide bonds. The molecule has 8 nitrogen and oxygen atoms in total. The molecule has 35 heavy (non-hydrogen) atoms. The summed E-state index contributed by atoms with van der Waals surface area (Å²) in [5.41, 5.74) is 4.63. The zero-order chi connectivity index (χ0) is 24.8. The van der Waals surface area contributed by atoms with Crippen LogP contribution in [0.3, 0.4) is 0 Å². The van der Waals surface area contributed by atoms with Gasteiger partial charge in [-0.3, -0.25) is 9.79 Å². The zero-order valence-electron chi connectivity index (χ0n) is 20.7. The van der Waals surface area contributed by atoms with Crippen LogP contribution < -0.4 is 10.1 Å². The zero-order valence-corrected chi connectivity index (χ0v) is 20.7. The maximum atomic E-state index is 12.8. The van der Waals surface area contributed by atoms with Crippen LogP contribution in [0.4, 0.5) is 16.2 Å². The van der Waals surface area contributed by atoms with Gasteiger partial charge in [-0.1, -0.05) is 18.2 Å². The largest absolute Gasteiger partial charge is 0.494 e. The molecule has 1 radical (unpaired) electrons. The lowest BCUT2D eigenvalue weighted by Crippen LogP contribution is -2.47. The summed E-state index contributed by atoms with van der Waals surface area (Å²) < 4.78 is 16.3. The van der Waals surface area contributed by atoms with Gasteiger partial charge in [0.05, 0.1) is 38.2 Å². The van der Waals surface area contributed by atoms with Gasteiger partial charge < -0.3 is 29.5 Å². The molecule has 1 saturated heterocycles. The number of ether oxygens (including phenoxy) is 3. The number of likely N-dealkylation sites (tertiary alicyclic amines) is 1. The number of anilines is 1. The topological polar surface area (TPSA) is 92.6 Å². The molecule has 2 aromatic carbocycles. The van der Waals surface area contributed by atoms with E-state index in [1.165, 1.54) is 0 Å². The fraction of sp³-hybridized carbons (Fsp3) is 0.462. The second kappa shape index (κ2) is 11.2. The van der Waals surface area contributed by atoms with Gasteiger partial charge >= 0.3 is 0 Å². The van der Waals surface area contributed by atoms with Gasteiger partial charge in [0.15, 0.2) is 5.81 Å². The fourth-order valence-corrected chi connectivity index (χ4v) is 4.32. The fourth-order valence-electron chi connectivity index (χ4n) is 4.32. The summed E-state index contributed by atoms with van der Waals surface area (Å²) >= 11 is 0. The Morgan fingerprint density at radius 1 is 1.20 bits per heavy atom. The Balaban J connectivity index is 1.53. The van der Waals surface area contributed by atoms with Crippen molar-refractivity contribution in [1.29, 1.82) is 0 Å². The van der Waals surface area contributed by atoms with Crippen LogP contribution in [-0.4, -0.2) is 81.4 Å². The van der Waals surface area contributed by atoms with E-state index >= 15 is 0 Å². The lowest BCUT2D eigenvalue weighted by molar-refractivity contribution is 0.00667. The van der Waals surface area contributed by atoms with Gasteiger partial charge in [-0.05, 0) is 49.1 Å². The monoisotopic (exact) mass is 478 g/mol. The van der Waals surface area contributed by atoms with Crippen molar-refractivity contribution < 1.29 is 24.1 Å².